The summed E-state index contributed by atoms with van der Waals surface area (Å²) >= 11 is 0. The van der Waals surface area contributed by atoms with E-state index in [0.717, 1.165) is 6.42 Å². The van der Waals surface area contributed by atoms with Gasteiger partial charge in [-0.1, -0.05) is 0 Å². The van der Waals surface area contributed by atoms with Gasteiger partial charge in [0.05, 0.1) is 24.5 Å². The standard InChI is InChI=1S/C18H21F3N6O3/c1-23-6-11-4-5-29-9-14(11)27-8-13(16(22)28)17(26-27)25-12-2-3-15(24-7-12)30-10-18(19,20)21/h2-3,6-8,11,14H,4-5,9-10H2,1H3,(H2,22,28)(H,25,26)/b23-6-/t11-,14+/m1/s1. The predicted octanol–water partition coefficient (Wildman–Crippen LogP) is 2.34. The Balaban J connectivity index is 1.78. The van der Waals surface area contributed by atoms with Gasteiger partial charge in [0.15, 0.2) is 12.4 Å². The van der Waals surface area contributed by atoms with Gasteiger partial charge in [0.25, 0.3) is 5.91 Å². The Kier molecular flexibility index (Phi) is 6.55. The zero-order valence-electron chi connectivity index (χ0n) is 16.1. The molecule has 12 heteroatoms. The average molecular weight is 426 g/mol. The Morgan fingerprint density at radius 3 is 2.93 bits per heavy atom. The molecule has 0 aliphatic carbocycles. The monoisotopic (exact) mass is 426 g/mol. The van der Waals surface area contributed by atoms with Gasteiger partial charge in [0.1, 0.15) is 5.56 Å². The van der Waals surface area contributed by atoms with Crippen molar-refractivity contribution in [3.63, 3.8) is 0 Å². The van der Waals surface area contributed by atoms with E-state index < -0.39 is 18.7 Å². The largest absolute Gasteiger partial charge is 0.468 e. The van der Waals surface area contributed by atoms with Crippen molar-refractivity contribution in [1.82, 2.24) is 14.8 Å². The van der Waals surface area contributed by atoms with E-state index in [1.807, 2.05) is 6.21 Å². The van der Waals surface area contributed by atoms with Crippen LogP contribution in [0.3, 0.4) is 0 Å². The fourth-order valence-corrected chi connectivity index (χ4v) is 3.04. The number of hydrogen-bond donors (Lipinski definition) is 2. The van der Waals surface area contributed by atoms with Gasteiger partial charge in [-0.25, -0.2) is 4.98 Å². The highest BCUT2D eigenvalue weighted by atomic mass is 19.4. The molecule has 0 saturated carbocycles. The lowest BCUT2D eigenvalue weighted by atomic mass is 9.96. The first kappa shape index (κ1) is 21.6. The maximum Gasteiger partial charge on any atom is 0.422 e. The number of anilines is 2. The number of aliphatic imine (C=N–C) groups is 1. The van der Waals surface area contributed by atoms with Gasteiger partial charge >= 0.3 is 6.18 Å². The normalized spacial score (nSPS) is 19.7. The van der Waals surface area contributed by atoms with Crippen molar-refractivity contribution in [3.05, 3.63) is 30.1 Å². The summed E-state index contributed by atoms with van der Waals surface area (Å²) in [7, 11) is 1.69. The molecule has 2 aromatic heterocycles. The second-order valence-corrected chi connectivity index (χ2v) is 6.65. The van der Waals surface area contributed by atoms with Crippen molar-refractivity contribution in [3.8, 4) is 5.88 Å². The lowest BCUT2D eigenvalue weighted by Crippen LogP contribution is -2.31. The number of carbonyl (C=O) groups is 1. The SMILES string of the molecule is C/N=C\[C@H]1CCOC[C@@H]1n1cc(C(N)=O)c(Nc2ccc(OCC(F)(F)F)nc2)n1. The molecule has 3 heterocycles. The highest BCUT2D eigenvalue weighted by molar-refractivity contribution is 5.98. The van der Waals surface area contributed by atoms with Crippen LogP contribution in [0, 0.1) is 5.92 Å². The smallest absolute Gasteiger partial charge is 0.422 e. The maximum absolute atomic E-state index is 12.2. The third kappa shape index (κ3) is 5.47. The van der Waals surface area contributed by atoms with Crippen molar-refractivity contribution in [2.75, 3.05) is 32.2 Å². The van der Waals surface area contributed by atoms with Crippen LogP contribution in [-0.4, -0.2) is 59.9 Å². The summed E-state index contributed by atoms with van der Waals surface area (Å²) in [6.07, 6.45) is 0.945. The van der Waals surface area contributed by atoms with Gasteiger partial charge in [-0.15, -0.1) is 0 Å². The second-order valence-electron chi connectivity index (χ2n) is 6.65. The lowest BCUT2D eigenvalue weighted by molar-refractivity contribution is -0.154. The molecule has 3 N–H and O–H groups in total. The molecule has 0 bridgehead atoms. The van der Waals surface area contributed by atoms with Crippen molar-refractivity contribution < 1.29 is 27.4 Å². The Morgan fingerprint density at radius 2 is 2.30 bits per heavy atom. The number of aromatic nitrogens is 3. The first-order chi connectivity index (χ1) is 14.3. The molecule has 162 valence electrons. The lowest BCUT2D eigenvalue weighted by Gasteiger charge is -2.29. The number of alkyl halides is 3. The third-order valence-electron chi connectivity index (χ3n) is 4.44. The number of nitrogens with two attached hydrogens (primary N) is 1. The van der Waals surface area contributed by atoms with E-state index in [2.05, 4.69) is 25.1 Å². The van der Waals surface area contributed by atoms with E-state index in [1.165, 1.54) is 24.5 Å². The Bertz CT molecular complexity index is 898. The molecule has 9 nitrogen and oxygen atoms in total. The summed E-state index contributed by atoms with van der Waals surface area (Å²) in [6.45, 7) is -0.422. The topological polar surface area (TPSA) is 117 Å². The number of ether oxygens (including phenoxy) is 2. The zero-order chi connectivity index (χ0) is 21.7. The summed E-state index contributed by atoms with van der Waals surface area (Å²) in [4.78, 5) is 19.8. The summed E-state index contributed by atoms with van der Waals surface area (Å²) in [5.41, 5.74) is 6.03. The molecule has 2 aromatic rings. The first-order valence-electron chi connectivity index (χ1n) is 9.08. The predicted molar refractivity (Wildman–Crippen MR) is 102 cm³/mol. The van der Waals surface area contributed by atoms with Crippen LogP contribution in [-0.2, 0) is 4.74 Å². The summed E-state index contributed by atoms with van der Waals surface area (Å²) in [6, 6.07) is 2.57. The van der Waals surface area contributed by atoms with Gasteiger partial charge in [-0.3, -0.25) is 9.48 Å². The Morgan fingerprint density at radius 1 is 1.50 bits per heavy atom. The number of nitrogens with zero attached hydrogens (tertiary/aromatic N) is 4. The number of pyridine rings is 1. The zero-order valence-corrected chi connectivity index (χ0v) is 16.1. The number of primary amides is 1. The molecular weight excluding hydrogens is 405 g/mol. The molecule has 1 amide bonds. The number of rotatable bonds is 7. The number of carbonyl (C=O) groups excluding carboxylic acids is 1. The van der Waals surface area contributed by atoms with Crippen LogP contribution in [0.15, 0.2) is 29.5 Å². The van der Waals surface area contributed by atoms with Crippen LogP contribution < -0.4 is 15.8 Å². The molecule has 0 radical (unpaired) electrons. The average Bonchev–Trinajstić information content (AvgIpc) is 3.11. The van der Waals surface area contributed by atoms with Gasteiger partial charge in [0, 0.05) is 38.1 Å². The van der Waals surface area contributed by atoms with E-state index in [9.17, 15) is 18.0 Å². The van der Waals surface area contributed by atoms with E-state index in [-0.39, 0.29) is 29.2 Å². The summed E-state index contributed by atoms with van der Waals surface area (Å²) < 4.78 is 48.4. The van der Waals surface area contributed by atoms with Crippen LogP contribution in [0.5, 0.6) is 5.88 Å². The molecule has 2 atom stereocenters. The maximum atomic E-state index is 12.2. The number of halogens is 3. The summed E-state index contributed by atoms with van der Waals surface area (Å²) in [5, 5.41) is 7.34. The highest BCUT2D eigenvalue weighted by Gasteiger charge is 2.29. The van der Waals surface area contributed by atoms with E-state index in [1.54, 1.807) is 11.7 Å². The fraction of sp³-hybridized carbons (Fsp3) is 0.444. The third-order valence-corrected chi connectivity index (χ3v) is 4.44. The number of hydrogen-bond acceptors (Lipinski definition) is 7. The van der Waals surface area contributed by atoms with E-state index >= 15 is 0 Å². The Labute approximate surface area is 170 Å². The molecule has 3 rings (SSSR count). The highest BCUT2D eigenvalue weighted by Crippen LogP contribution is 2.28. The minimum Gasteiger partial charge on any atom is -0.468 e. The van der Waals surface area contributed by atoms with Gasteiger partial charge in [-0.2, -0.15) is 18.3 Å². The number of amides is 1. The van der Waals surface area contributed by atoms with E-state index in [4.69, 9.17) is 10.5 Å². The minimum atomic E-state index is -4.45. The van der Waals surface area contributed by atoms with E-state index in [0.29, 0.717) is 18.9 Å². The molecule has 1 aliphatic heterocycles. The van der Waals surface area contributed by atoms with Crippen molar-refractivity contribution in [1.29, 1.82) is 0 Å². The fourth-order valence-electron chi connectivity index (χ4n) is 3.04. The van der Waals surface area contributed by atoms with Crippen LogP contribution in [0.2, 0.25) is 0 Å². The molecule has 1 aliphatic rings. The van der Waals surface area contributed by atoms with Crippen LogP contribution in [0.1, 0.15) is 22.8 Å². The summed E-state index contributed by atoms with van der Waals surface area (Å²) in [5.74, 6) is -0.575. The van der Waals surface area contributed by atoms with Gasteiger partial charge in [0.2, 0.25) is 5.88 Å². The molecule has 1 fully saturated rings. The molecule has 1 saturated heterocycles. The van der Waals surface area contributed by atoms with Crippen LogP contribution in [0.25, 0.3) is 0 Å². The minimum absolute atomic E-state index is 0.0870. The molecule has 0 unspecified atom stereocenters. The van der Waals surface area contributed by atoms with Gasteiger partial charge < -0.3 is 25.5 Å². The van der Waals surface area contributed by atoms with Crippen molar-refractivity contribution in [2.24, 2.45) is 16.6 Å². The molecular formula is C18H21F3N6O3. The molecule has 30 heavy (non-hydrogen) atoms. The van der Waals surface area contributed by atoms with Crippen LogP contribution >= 0.6 is 0 Å². The quantitative estimate of drug-likeness (QED) is 0.657. The van der Waals surface area contributed by atoms with Gasteiger partial charge in [-0.05, 0) is 12.5 Å². The number of nitrogens with one attached hydrogen (secondary N) is 1. The molecule has 0 spiro atoms. The van der Waals surface area contributed by atoms with Crippen molar-refractivity contribution >= 4 is 23.6 Å². The second kappa shape index (κ2) is 9.11. The first-order valence-corrected chi connectivity index (χ1v) is 9.08. The van der Waals surface area contributed by atoms with Crippen LogP contribution in [0.4, 0.5) is 24.7 Å². The molecule has 0 aromatic carbocycles. The Hall–Kier alpha value is -3.15. The van der Waals surface area contributed by atoms with Crippen molar-refractivity contribution in [2.45, 2.75) is 18.6 Å².